The summed E-state index contributed by atoms with van der Waals surface area (Å²) in [4.78, 5) is 25.0. The van der Waals surface area contributed by atoms with E-state index in [2.05, 4.69) is 51.5 Å². The molecule has 0 atom stereocenters. The second kappa shape index (κ2) is 13.8. The average Bonchev–Trinajstić information content (AvgIpc) is 2.77. The van der Waals surface area contributed by atoms with Crippen LogP contribution in [-0.4, -0.2) is 55.5 Å². The lowest BCUT2D eigenvalue weighted by molar-refractivity contribution is 0.0827. The highest BCUT2D eigenvalue weighted by molar-refractivity contribution is 14.0. The molecule has 0 bridgehead atoms. The van der Waals surface area contributed by atoms with Gasteiger partial charge in [-0.05, 0) is 50.1 Å². The number of rotatable bonds is 9. The van der Waals surface area contributed by atoms with Crippen LogP contribution in [0.3, 0.4) is 0 Å². The number of hydrogen-bond donors (Lipinski definition) is 2. The molecule has 0 aliphatic rings. The van der Waals surface area contributed by atoms with Crippen molar-refractivity contribution in [1.29, 1.82) is 0 Å². The molecule has 2 N–H and O–H groups in total. The number of aromatic nitrogens is 1. The van der Waals surface area contributed by atoms with E-state index in [-0.39, 0.29) is 29.9 Å². The molecule has 1 aromatic heterocycles. The number of guanidine groups is 1. The molecule has 31 heavy (non-hydrogen) atoms. The van der Waals surface area contributed by atoms with E-state index in [0.29, 0.717) is 18.7 Å². The van der Waals surface area contributed by atoms with Gasteiger partial charge in [0.15, 0.2) is 5.96 Å². The molecule has 0 saturated carbocycles. The van der Waals surface area contributed by atoms with E-state index < -0.39 is 0 Å². The molecule has 8 heteroatoms. The topological polar surface area (TPSA) is 72.9 Å². The van der Waals surface area contributed by atoms with Crippen LogP contribution in [0.15, 0.2) is 47.6 Å². The van der Waals surface area contributed by atoms with Gasteiger partial charge in [0.05, 0.1) is 6.54 Å². The monoisotopic (exact) mass is 538 g/mol. The molecule has 0 aliphatic heterocycles. The summed E-state index contributed by atoms with van der Waals surface area (Å²) in [6, 6.07) is 11.8. The van der Waals surface area contributed by atoms with Gasteiger partial charge in [-0.2, -0.15) is 0 Å². The number of benzene rings is 1. The van der Waals surface area contributed by atoms with Crippen LogP contribution in [0.25, 0.3) is 0 Å². The zero-order chi connectivity index (χ0) is 21.9. The van der Waals surface area contributed by atoms with Crippen molar-refractivity contribution in [2.24, 2.45) is 4.99 Å². The van der Waals surface area contributed by atoms with Crippen molar-refractivity contribution in [1.82, 2.24) is 20.5 Å². The molecule has 0 spiro atoms. The van der Waals surface area contributed by atoms with Crippen molar-refractivity contribution < 1.29 is 4.79 Å². The molecule has 2 rings (SSSR count). The summed E-state index contributed by atoms with van der Waals surface area (Å²) >= 11 is 0. The predicted molar refractivity (Wildman–Crippen MR) is 139 cm³/mol. The third kappa shape index (κ3) is 8.35. The first-order chi connectivity index (χ1) is 14.5. The molecule has 0 radical (unpaired) electrons. The van der Waals surface area contributed by atoms with Crippen LogP contribution >= 0.6 is 24.0 Å². The van der Waals surface area contributed by atoms with Crippen molar-refractivity contribution in [3.63, 3.8) is 0 Å². The van der Waals surface area contributed by atoms with Gasteiger partial charge in [-0.3, -0.25) is 4.79 Å². The molecule has 0 unspecified atom stereocenters. The Morgan fingerprint density at radius 2 is 1.61 bits per heavy atom. The molecule has 2 aromatic rings. The standard InChI is InChI=1S/C23H34N6O.HI/c1-6-24-23(26-15-18-9-12-20(13-10-18)22(30)28(4)5)27-17-19-11-14-21(25-16-19)29(7-2)8-3;/h9-14,16H,6-8,15,17H2,1-5H3,(H2,24,26,27);1H. The molecule has 1 heterocycles. The molecule has 0 fully saturated rings. The molecule has 7 nitrogen and oxygen atoms in total. The fraction of sp³-hybridized carbons (Fsp3) is 0.435. The number of halogens is 1. The maximum Gasteiger partial charge on any atom is 0.253 e. The lowest BCUT2D eigenvalue weighted by Gasteiger charge is -2.19. The van der Waals surface area contributed by atoms with Gasteiger partial charge < -0.3 is 20.4 Å². The lowest BCUT2D eigenvalue weighted by Crippen LogP contribution is -2.36. The average molecular weight is 538 g/mol. The minimum absolute atomic E-state index is 0. The minimum atomic E-state index is 0. The van der Waals surface area contributed by atoms with Crippen molar-refractivity contribution in [3.8, 4) is 0 Å². The van der Waals surface area contributed by atoms with Crippen LogP contribution in [0.2, 0.25) is 0 Å². The van der Waals surface area contributed by atoms with Crippen molar-refractivity contribution in [3.05, 3.63) is 59.3 Å². The number of anilines is 1. The molecule has 0 aliphatic carbocycles. The Labute approximate surface area is 203 Å². The van der Waals surface area contributed by atoms with E-state index in [9.17, 15) is 4.79 Å². The molecule has 1 amide bonds. The zero-order valence-electron chi connectivity index (χ0n) is 19.2. The van der Waals surface area contributed by atoms with E-state index in [4.69, 9.17) is 0 Å². The maximum atomic E-state index is 12.0. The highest BCUT2D eigenvalue weighted by Crippen LogP contribution is 2.11. The Morgan fingerprint density at radius 1 is 0.968 bits per heavy atom. The largest absolute Gasteiger partial charge is 0.357 e. The molecule has 170 valence electrons. The SMILES string of the molecule is CCNC(=NCc1ccc(N(CC)CC)nc1)NCc1ccc(C(=O)N(C)C)cc1.I. The van der Waals surface area contributed by atoms with Gasteiger partial charge >= 0.3 is 0 Å². The van der Waals surface area contributed by atoms with Gasteiger partial charge in [0.1, 0.15) is 5.82 Å². The van der Waals surface area contributed by atoms with Crippen LogP contribution in [0.4, 0.5) is 5.82 Å². The van der Waals surface area contributed by atoms with Crippen LogP contribution < -0.4 is 15.5 Å². The number of carbonyl (C=O) groups is 1. The van der Waals surface area contributed by atoms with Crippen molar-refractivity contribution in [2.45, 2.75) is 33.9 Å². The molecule has 0 saturated heterocycles. The van der Waals surface area contributed by atoms with Crippen molar-refractivity contribution >= 4 is 41.7 Å². The van der Waals surface area contributed by atoms with Crippen LogP contribution in [-0.2, 0) is 13.1 Å². The van der Waals surface area contributed by atoms with Crippen LogP contribution in [0, 0.1) is 0 Å². The number of hydrogen-bond acceptors (Lipinski definition) is 4. The molecule has 1 aromatic carbocycles. The highest BCUT2D eigenvalue weighted by Gasteiger charge is 2.07. The summed E-state index contributed by atoms with van der Waals surface area (Å²) in [6.45, 7) is 10.1. The number of carbonyl (C=O) groups excluding carboxylic acids is 1. The Balaban J connectivity index is 0.00000480. The van der Waals surface area contributed by atoms with Gasteiger partial charge in [0.2, 0.25) is 0 Å². The number of nitrogens with one attached hydrogen (secondary N) is 2. The van der Waals surface area contributed by atoms with E-state index >= 15 is 0 Å². The molecular formula is C23H35IN6O. The van der Waals surface area contributed by atoms with Crippen LogP contribution in [0.1, 0.15) is 42.3 Å². The number of nitrogens with zero attached hydrogens (tertiary/aromatic N) is 4. The molecular weight excluding hydrogens is 503 g/mol. The zero-order valence-corrected chi connectivity index (χ0v) is 21.5. The van der Waals surface area contributed by atoms with Gasteiger partial charge in [-0.15, -0.1) is 24.0 Å². The Bertz CT molecular complexity index is 817. The third-order valence-electron chi connectivity index (χ3n) is 4.73. The first kappa shape index (κ1) is 26.7. The second-order valence-corrected chi connectivity index (χ2v) is 7.14. The second-order valence-electron chi connectivity index (χ2n) is 7.14. The Kier molecular flexibility index (Phi) is 11.9. The third-order valence-corrected chi connectivity index (χ3v) is 4.73. The van der Waals surface area contributed by atoms with Gasteiger partial charge in [0, 0.05) is 52.0 Å². The van der Waals surface area contributed by atoms with Crippen molar-refractivity contribution in [2.75, 3.05) is 38.6 Å². The van der Waals surface area contributed by atoms with E-state index in [1.165, 1.54) is 0 Å². The van der Waals surface area contributed by atoms with E-state index in [0.717, 1.165) is 42.5 Å². The minimum Gasteiger partial charge on any atom is -0.357 e. The normalized spacial score (nSPS) is 10.8. The highest BCUT2D eigenvalue weighted by atomic mass is 127. The van der Waals surface area contributed by atoms with Crippen LogP contribution in [0.5, 0.6) is 0 Å². The Hall–Kier alpha value is -2.36. The number of amides is 1. The Morgan fingerprint density at radius 3 is 2.13 bits per heavy atom. The fourth-order valence-corrected chi connectivity index (χ4v) is 2.97. The van der Waals surface area contributed by atoms with E-state index in [1.54, 1.807) is 19.0 Å². The maximum absolute atomic E-state index is 12.0. The smallest absolute Gasteiger partial charge is 0.253 e. The van der Waals surface area contributed by atoms with Gasteiger partial charge in [0.25, 0.3) is 5.91 Å². The summed E-state index contributed by atoms with van der Waals surface area (Å²) < 4.78 is 0. The fourth-order valence-electron chi connectivity index (χ4n) is 2.97. The summed E-state index contributed by atoms with van der Waals surface area (Å²) in [5.41, 5.74) is 2.83. The van der Waals surface area contributed by atoms with E-state index in [1.807, 2.05) is 37.4 Å². The summed E-state index contributed by atoms with van der Waals surface area (Å²) in [5, 5.41) is 6.61. The number of pyridine rings is 1. The van der Waals surface area contributed by atoms with Gasteiger partial charge in [-0.25, -0.2) is 9.98 Å². The van der Waals surface area contributed by atoms with Gasteiger partial charge in [-0.1, -0.05) is 18.2 Å². The first-order valence-electron chi connectivity index (χ1n) is 10.5. The lowest BCUT2D eigenvalue weighted by atomic mass is 10.1. The summed E-state index contributed by atoms with van der Waals surface area (Å²) in [5.74, 6) is 1.75. The summed E-state index contributed by atoms with van der Waals surface area (Å²) in [7, 11) is 3.51. The first-order valence-corrected chi connectivity index (χ1v) is 10.5. The quantitative estimate of drug-likeness (QED) is 0.291. The summed E-state index contributed by atoms with van der Waals surface area (Å²) in [6.07, 6.45) is 1.89. The number of aliphatic imine (C=N–C) groups is 1. The predicted octanol–water partition coefficient (Wildman–Crippen LogP) is 3.50.